The number of hydrogen-bond donors (Lipinski definition) is 3. The summed E-state index contributed by atoms with van der Waals surface area (Å²) in [7, 11) is 0. The van der Waals surface area contributed by atoms with Crippen LogP contribution >= 0.6 is 0 Å². The molecule has 0 aliphatic carbocycles. The van der Waals surface area contributed by atoms with Gasteiger partial charge in [-0.15, -0.1) is 0 Å². The fourth-order valence-corrected chi connectivity index (χ4v) is 3.78. The number of fused-ring (bicyclic) bond motifs is 1. The van der Waals surface area contributed by atoms with E-state index in [0.717, 1.165) is 33.6 Å². The number of anilines is 2. The van der Waals surface area contributed by atoms with Crippen molar-refractivity contribution in [2.24, 2.45) is 5.92 Å². The van der Waals surface area contributed by atoms with Gasteiger partial charge in [0, 0.05) is 23.7 Å². The molecule has 0 spiro atoms. The molecule has 3 amide bonds. The van der Waals surface area contributed by atoms with E-state index in [1.54, 1.807) is 0 Å². The number of nitrogens with one attached hydrogen (secondary N) is 3. The first-order valence-electron chi connectivity index (χ1n) is 9.86. The highest BCUT2D eigenvalue weighted by Crippen LogP contribution is 2.27. The van der Waals surface area contributed by atoms with Gasteiger partial charge in [0.05, 0.1) is 6.54 Å². The third-order valence-electron chi connectivity index (χ3n) is 5.22. The molecule has 0 fully saturated rings. The highest BCUT2D eigenvalue weighted by molar-refractivity contribution is 5.97. The molecule has 1 aliphatic rings. The Labute approximate surface area is 171 Å². The summed E-state index contributed by atoms with van der Waals surface area (Å²) in [5.41, 5.74) is 5.84. The Hall–Kier alpha value is -3.15. The van der Waals surface area contributed by atoms with Crippen molar-refractivity contribution in [1.82, 2.24) is 5.32 Å². The summed E-state index contributed by atoms with van der Waals surface area (Å²) in [5.74, 6) is -0.788. The zero-order valence-electron chi connectivity index (χ0n) is 17.1. The van der Waals surface area contributed by atoms with Crippen LogP contribution in [0.3, 0.4) is 0 Å². The minimum Gasteiger partial charge on any atom is -0.347 e. The summed E-state index contributed by atoms with van der Waals surface area (Å²) < 4.78 is 0. The molecular formula is C23H27N3O3. The standard InChI is InChI=1S/C23H27N3O3/c1-14-10-15(2)22(16(3)11-14)26-21(28)13-24-20(27)9-8-18-12-17-6-4-5-7-19(17)25-23(18)29/h4-7,10-11,18H,8-9,12-13H2,1-3H3,(H,24,27)(H,25,29)(H,26,28). The van der Waals surface area contributed by atoms with Gasteiger partial charge < -0.3 is 16.0 Å². The highest BCUT2D eigenvalue weighted by Gasteiger charge is 2.26. The van der Waals surface area contributed by atoms with Crippen molar-refractivity contribution in [2.45, 2.75) is 40.0 Å². The lowest BCUT2D eigenvalue weighted by atomic mass is 9.89. The van der Waals surface area contributed by atoms with E-state index >= 15 is 0 Å². The molecule has 1 atom stereocenters. The Morgan fingerprint density at radius 3 is 2.48 bits per heavy atom. The Morgan fingerprint density at radius 2 is 1.76 bits per heavy atom. The molecular weight excluding hydrogens is 366 g/mol. The molecule has 1 heterocycles. The first-order chi connectivity index (χ1) is 13.8. The van der Waals surface area contributed by atoms with Gasteiger partial charge in [-0.25, -0.2) is 0 Å². The lowest BCUT2D eigenvalue weighted by molar-refractivity contribution is -0.125. The Morgan fingerprint density at radius 1 is 1.07 bits per heavy atom. The maximum atomic E-state index is 12.2. The first-order valence-corrected chi connectivity index (χ1v) is 9.86. The van der Waals surface area contributed by atoms with Crippen LogP contribution in [-0.2, 0) is 20.8 Å². The Balaban J connectivity index is 1.46. The van der Waals surface area contributed by atoms with Gasteiger partial charge in [0.25, 0.3) is 0 Å². The SMILES string of the molecule is Cc1cc(C)c(NC(=O)CNC(=O)CCC2Cc3ccccc3NC2=O)c(C)c1. The van der Waals surface area contributed by atoms with Gasteiger partial charge in [0.1, 0.15) is 0 Å². The van der Waals surface area contributed by atoms with Crippen molar-refractivity contribution >= 4 is 29.1 Å². The molecule has 0 saturated carbocycles. The number of aryl methyl sites for hydroxylation is 3. The molecule has 1 aliphatic heterocycles. The molecule has 0 aromatic heterocycles. The summed E-state index contributed by atoms with van der Waals surface area (Å²) in [4.78, 5) is 36.6. The van der Waals surface area contributed by atoms with Crippen LogP contribution in [0.15, 0.2) is 36.4 Å². The van der Waals surface area contributed by atoms with Crippen molar-refractivity contribution in [3.63, 3.8) is 0 Å². The summed E-state index contributed by atoms with van der Waals surface area (Å²) in [6.45, 7) is 5.81. The number of carbonyl (C=O) groups is 3. The second kappa shape index (κ2) is 8.90. The summed E-state index contributed by atoms with van der Waals surface area (Å²) in [6.07, 6.45) is 1.28. The van der Waals surface area contributed by atoms with Gasteiger partial charge in [-0.05, 0) is 56.4 Å². The third kappa shape index (κ3) is 5.22. The number of amides is 3. The van der Waals surface area contributed by atoms with Gasteiger partial charge >= 0.3 is 0 Å². The van der Waals surface area contributed by atoms with Crippen molar-refractivity contribution in [1.29, 1.82) is 0 Å². The second-order valence-corrected chi connectivity index (χ2v) is 7.68. The molecule has 0 radical (unpaired) electrons. The van der Waals surface area contributed by atoms with Gasteiger partial charge in [0.15, 0.2) is 0 Å². The monoisotopic (exact) mass is 393 g/mol. The molecule has 6 nitrogen and oxygen atoms in total. The fraction of sp³-hybridized carbons (Fsp3) is 0.348. The normalized spacial score (nSPS) is 15.3. The smallest absolute Gasteiger partial charge is 0.243 e. The van der Waals surface area contributed by atoms with E-state index in [-0.39, 0.29) is 36.6 Å². The minimum absolute atomic E-state index is 0.0560. The topological polar surface area (TPSA) is 87.3 Å². The van der Waals surface area contributed by atoms with Crippen LogP contribution in [0.1, 0.15) is 35.1 Å². The summed E-state index contributed by atoms with van der Waals surface area (Å²) >= 11 is 0. The van der Waals surface area contributed by atoms with Crippen LogP contribution in [0, 0.1) is 26.7 Å². The zero-order chi connectivity index (χ0) is 21.0. The molecule has 0 saturated heterocycles. The van der Waals surface area contributed by atoms with Crippen LogP contribution < -0.4 is 16.0 Å². The van der Waals surface area contributed by atoms with E-state index in [0.29, 0.717) is 12.8 Å². The van der Waals surface area contributed by atoms with Crippen molar-refractivity contribution in [2.75, 3.05) is 17.2 Å². The maximum Gasteiger partial charge on any atom is 0.243 e. The van der Waals surface area contributed by atoms with Gasteiger partial charge in [-0.2, -0.15) is 0 Å². The van der Waals surface area contributed by atoms with Crippen LogP contribution in [0.5, 0.6) is 0 Å². The molecule has 152 valence electrons. The molecule has 0 bridgehead atoms. The van der Waals surface area contributed by atoms with E-state index < -0.39 is 0 Å². The van der Waals surface area contributed by atoms with Crippen LogP contribution in [0.25, 0.3) is 0 Å². The Kier molecular flexibility index (Phi) is 6.32. The lowest BCUT2D eigenvalue weighted by Gasteiger charge is -2.24. The summed E-state index contributed by atoms with van der Waals surface area (Å²) in [6, 6.07) is 11.7. The number of para-hydroxylation sites is 1. The minimum atomic E-state index is -0.266. The average Bonchev–Trinajstić information content (AvgIpc) is 2.67. The van der Waals surface area contributed by atoms with Crippen molar-refractivity contribution < 1.29 is 14.4 Å². The Bertz CT molecular complexity index is 929. The van der Waals surface area contributed by atoms with E-state index in [2.05, 4.69) is 16.0 Å². The van der Waals surface area contributed by atoms with E-state index in [9.17, 15) is 14.4 Å². The zero-order valence-corrected chi connectivity index (χ0v) is 17.1. The summed E-state index contributed by atoms with van der Waals surface area (Å²) in [5, 5.41) is 8.40. The molecule has 3 rings (SSSR count). The second-order valence-electron chi connectivity index (χ2n) is 7.68. The van der Waals surface area contributed by atoms with Crippen LogP contribution in [-0.4, -0.2) is 24.3 Å². The fourth-order valence-electron chi connectivity index (χ4n) is 3.78. The van der Waals surface area contributed by atoms with E-state index in [4.69, 9.17) is 0 Å². The predicted octanol–water partition coefficient (Wildman–Crippen LogP) is 3.26. The van der Waals surface area contributed by atoms with Gasteiger partial charge in [0.2, 0.25) is 17.7 Å². The van der Waals surface area contributed by atoms with Crippen LogP contribution in [0.2, 0.25) is 0 Å². The average molecular weight is 393 g/mol. The number of rotatable bonds is 6. The predicted molar refractivity (Wildman–Crippen MR) is 114 cm³/mol. The third-order valence-corrected chi connectivity index (χ3v) is 5.22. The maximum absolute atomic E-state index is 12.2. The lowest BCUT2D eigenvalue weighted by Crippen LogP contribution is -2.35. The van der Waals surface area contributed by atoms with Crippen molar-refractivity contribution in [3.05, 3.63) is 58.7 Å². The molecule has 1 unspecified atom stereocenters. The number of benzene rings is 2. The molecule has 29 heavy (non-hydrogen) atoms. The quantitative estimate of drug-likeness (QED) is 0.704. The molecule has 2 aromatic rings. The molecule has 6 heteroatoms. The van der Waals surface area contributed by atoms with Crippen molar-refractivity contribution in [3.8, 4) is 0 Å². The number of hydrogen-bond acceptors (Lipinski definition) is 3. The molecule has 3 N–H and O–H groups in total. The highest BCUT2D eigenvalue weighted by atomic mass is 16.2. The van der Waals surface area contributed by atoms with Gasteiger partial charge in [-0.1, -0.05) is 35.9 Å². The van der Waals surface area contributed by atoms with Gasteiger partial charge in [-0.3, -0.25) is 14.4 Å². The van der Waals surface area contributed by atoms with Crippen LogP contribution in [0.4, 0.5) is 11.4 Å². The largest absolute Gasteiger partial charge is 0.347 e. The number of carbonyl (C=O) groups excluding carboxylic acids is 3. The van der Waals surface area contributed by atoms with E-state index in [1.807, 2.05) is 57.2 Å². The molecule has 2 aromatic carbocycles. The first kappa shape index (κ1) is 20.6. The van der Waals surface area contributed by atoms with E-state index in [1.165, 1.54) is 0 Å².